The Balaban J connectivity index is 1.83. The molecular weight excluding hydrogens is 443 g/mol. The summed E-state index contributed by atoms with van der Waals surface area (Å²) in [6.45, 7) is 3.65. The second-order valence-electron chi connectivity index (χ2n) is 7.91. The van der Waals surface area contributed by atoms with E-state index in [1.54, 1.807) is 18.2 Å². The highest BCUT2D eigenvalue weighted by atomic mass is 19.1. The van der Waals surface area contributed by atoms with Crippen LogP contribution in [0.15, 0.2) is 42.5 Å². The molecule has 1 fully saturated rings. The minimum absolute atomic E-state index is 0.0710. The van der Waals surface area contributed by atoms with Crippen LogP contribution in [0, 0.1) is 5.82 Å². The molecule has 0 bridgehead atoms. The normalized spacial score (nSPS) is 14.2. The first kappa shape index (κ1) is 23.6. The fourth-order valence-corrected chi connectivity index (χ4v) is 4.12. The third kappa shape index (κ3) is 4.57. The van der Waals surface area contributed by atoms with E-state index in [9.17, 15) is 19.4 Å². The van der Waals surface area contributed by atoms with Crippen molar-refractivity contribution < 1.29 is 33.6 Å². The van der Waals surface area contributed by atoms with Crippen molar-refractivity contribution in [1.82, 2.24) is 9.47 Å². The minimum Gasteiger partial charge on any atom is -0.503 e. The summed E-state index contributed by atoms with van der Waals surface area (Å²) in [6.07, 6.45) is 0. The van der Waals surface area contributed by atoms with E-state index in [1.807, 2.05) is 0 Å². The molecule has 180 valence electrons. The number of hydrogen-bond donors (Lipinski definition) is 2. The summed E-state index contributed by atoms with van der Waals surface area (Å²) in [4.78, 5) is 15.6. The van der Waals surface area contributed by atoms with Crippen LogP contribution < -0.4 is 9.47 Å². The molecule has 0 atom stereocenters. The predicted molar refractivity (Wildman–Crippen MR) is 123 cm³/mol. The molecule has 0 unspecified atom stereocenters. The molecule has 0 saturated carbocycles. The molecule has 3 aromatic rings. The Hall–Kier alpha value is -3.56. The number of nitrogens with zero attached hydrogens (tertiary/aromatic N) is 2. The SMILES string of the molecule is COc1ccc(-c2c(C(=O)c3ccc(F)cc3)c(O)c(O)n2CCN2CCOCC2)cc1OC. The summed E-state index contributed by atoms with van der Waals surface area (Å²) in [7, 11) is 3.02. The van der Waals surface area contributed by atoms with Crippen LogP contribution in [0.3, 0.4) is 0 Å². The van der Waals surface area contributed by atoms with E-state index in [4.69, 9.17) is 14.2 Å². The number of hydrogen-bond acceptors (Lipinski definition) is 7. The van der Waals surface area contributed by atoms with Gasteiger partial charge in [-0.1, -0.05) is 0 Å². The molecule has 9 heteroatoms. The zero-order valence-corrected chi connectivity index (χ0v) is 19.1. The van der Waals surface area contributed by atoms with Gasteiger partial charge in [-0.2, -0.15) is 0 Å². The molecular formula is C25H27FN2O6. The smallest absolute Gasteiger partial charge is 0.235 e. The highest BCUT2D eigenvalue weighted by Crippen LogP contribution is 2.44. The minimum atomic E-state index is -0.539. The number of ketones is 1. The number of aromatic nitrogens is 1. The zero-order valence-electron chi connectivity index (χ0n) is 19.1. The van der Waals surface area contributed by atoms with E-state index in [0.29, 0.717) is 49.1 Å². The van der Waals surface area contributed by atoms with Crippen molar-refractivity contribution in [2.24, 2.45) is 0 Å². The predicted octanol–water partition coefficient (Wildman–Crippen LogP) is 3.29. The van der Waals surface area contributed by atoms with Crippen molar-refractivity contribution in [3.8, 4) is 34.4 Å². The lowest BCUT2D eigenvalue weighted by atomic mass is 9.99. The van der Waals surface area contributed by atoms with Gasteiger partial charge in [0.25, 0.3) is 0 Å². The van der Waals surface area contributed by atoms with E-state index in [-0.39, 0.29) is 11.1 Å². The molecule has 1 aliphatic heterocycles. The summed E-state index contributed by atoms with van der Waals surface area (Å²) >= 11 is 0. The highest BCUT2D eigenvalue weighted by Gasteiger charge is 2.30. The third-order valence-electron chi connectivity index (χ3n) is 5.94. The van der Waals surface area contributed by atoms with Gasteiger partial charge in [0.1, 0.15) is 5.82 Å². The number of aromatic hydroxyl groups is 2. The van der Waals surface area contributed by atoms with E-state index in [1.165, 1.54) is 43.1 Å². The van der Waals surface area contributed by atoms with Crippen molar-refractivity contribution >= 4 is 5.78 Å². The number of methoxy groups -OCH3 is 2. The van der Waals surface area contributed by atoms with Crippen molar-refractivity contribution in [1.29, 1.82) is 0 Å². The van der Waals surface area contributed by atoms with Crippen molar-refractivity contribution in [2.45, 2.75) is 6.54 Å². The maximum absolute atomic E-state index is 13.4. The molecule has 0 amide bonds. The zero-order chi connectivity index (χ0) is 24.2. The van der Waals surface area contributed by atoms with E-state index in [2.05, 4.69) is 4.90 Å². The van der Waals surface area contributed by atoms with Crippen molar-refractivity contribution in [2.75, 3.05) is 47.1 Å². The van der Waals surface area contributed by atoms with Gasteiger partial charge in [0, 0.05) is 37.3 Å². The number of carbonyl (C=O) groups excluding carboxylic acids is 1. The maximum atomic E-state index is 13.4. The maximum Gasteiger partial charge on any atom is 0.235 e. The standard InChI is InChI=1S/C25H27FN2O6/c1-32-19-8-5-17(15-20(19)33-2)22-21(23(29)16-3-6-18(26)7-4-16)24(30)25(31)28(22)10-9-27-11-13-34-14-12-27/h3-8,15,30-31H,9-14H2,1-2H3. The number of halogens is 1. The van der Waals surface area contributed by atoms with Gasteiger partial charge >= 0.3 is 0 Å². The molecule has 8 nitrogen and oxygen atoms in total. The number of rotatable bonds is 8. The molecule has 0 radical (unpaired) electrons. The van der Waals surface area contributed by atoms with E-state index >= 15 is 0 Å². The van der Waals surface area contributed by atoms with E-state index < -0.39 is 23.2 Å². The van der Waals surface area contributed by atoms with Gasteiger partial charge in [-0.05, 0) is 42.5 Å². The largest absolute Gasteiger partial charge is 0.503 e. The molecule has 4 rings (SSSR count). The molecule has 2 N–H and O–H groups in total. The van der Waals surface area contributed by atoms with Crippen LogP contribution in [-0.4, -0.2) is 72.5 Å². The van der Waals surface area contributed by atoms with Crippen LogP contribution in [0.5, 0.6) is 23.1 Å². The Morgan fingerprint density at radius 3 is 2.32 bits per heavy atom. The molecule has 2 heterocycles. The number of benzene rings is 2. The summed E-state index contributed by atoms with van der Waals surface area (Å²) < 4.78 is 31.1. The molecule has 0 aliphatic carbocycles. The average Bonchev–Trinajstić information content (AvgIpc) is 3.12. The lowest BCUT2D eigenvalue weighted by Gasteiger charge is -2.27. The Morgan fingerprint density at radius 2 is 1.68 bits per heavy atom. The summed E-state index contributed by atoms with van der Waals surface area (Å²) in [5.74, 6) is -1.03. The Kier molecular flexibility index (Phi) is 7.04. The molecule has 1 aliphatic rings. The number of ether oxygens (including phenoxy) is 3. The fraction of sp³-hybridized carbons (Fsp3) is 0.320. The molecule has 2 aromatic carbocycles. The molecule has 1 saturated heterocycles. The average molecular weight is 470 g/mol. The quantitative estimate of drug-likeness (QED) is 0.488. The summed E-state index contributed by atoms with van der Waals surface area (Å²) in [6, 6.07) is 10.1. The second kappa shape index (κ2) is 10.1. The number of morpholine rings is 1. The van der Waals surface area contributed by atoms with Gasteiger partial charge in [0.15, 0.2) is 23.0 Å². The monoisotopic (exact) mass is 470 g/mol. The van der Waals surface area contributed by atoms with Crippen LogP contribution >= 0.6 is 0 Å². The highest BCUT2D eigenvalue weighted by molar-refractivity contribution is 6.15. The van der Waals surface area contributed by atoms with Gasteiger partial charge in [-0.3, -0.25) is 9.69 Å². The summed E-state index contributed by atoms with van der Waals surface area (Å²) in [5, 5.41) is 21.7. The van der Waals surface area contributed by atoms with Crippen LogP contribution in [0.25, 0.3) is 11.3 Å². The van der Waals surface area contributed by atoms with Gasteiger partial charge in [-0.25, -0.2) is 4.39 Å². The van der Waals surface area contributed by atoms with Crippen LogP contribution in [0.2, 0.25) is 0 Å². The van der Waals surface area contributed by atoms with Crippen molar-refractivity contribution in [3.63, 3.8) is 0 Å². The first-order chi connectivity index (χ1) is 16.4. The third-order valence-corrected chi connectivity index (χ3v) is 5.94. The van der Waals surface area contributed by atoms with Gasteiger partial charge < -0.3 is 29.0 Å². The van der Waals surface area contributed by atoms with Crippen LogP contribution in [-0.2, 0) is 11.3 Å². The first-order valence-corrected chi connectivity index (χ1v) is 10.9. The lowest BCUT2D eigenvalue weighted by Crippen LogP contribution is -2.38. The Labute approximate surface area is 196 Å². The number of carbonyl (C=O) groups is 1. The first-order valence-electron chi connectivity index (χ1n) is 10.9. The van der Waals surface area contributed by atoms with Gasteiger partial charge in [0.05, 0.1) is 38.7 Å². The van der Waals surface area contributed by atoms with Crippen LogP contribution in [0.1, 0.15) is 15.9 Å². The Bertz CT molecular complexity index is 1170. The van der Waals surface area contributed by atoms with Crippen LogP contribution in [0.4, 0.5) is 4.39 Å². The molecule has 34 heavy (non-hydrogen) atoms. The lowest BCUT2D eigenvalue weighted by molar-refractivity contribution is 0.0362. The Morgan fingerprint density at radius 1 is 1.00 bits per heavy atom. The van der Waals surface area contributed by atoms with Gasteiger partial charge in [0.2, 0.25) is 5.88 Å². The molecule has 1 aromatic heterocycles. The van der Waals surface area contributed by atoms with Gasteiger partial charge in [-0.15, -0.1) is 0 Å². The summed E-state index contributed by atoms with van der Waals surface area (Å²) in [5.41, 5.74) is 0.987. The molecule has 0 spiro atoms. The fourth-order valence-electron chi connectivity index (χ4n) is 4.12. The van der Waals surface area contributed by atoms with E-state index in [0.717, 1.165) is 13.1 Å². The second-order valence-corrected chi connectivity index (χ2v) is 7.91. The topological polar surface area (TPSA) is 93.4 Å². The van der Waals surface area contributed by atoms with Crippen molar-refractivity contribution in [3.05, 3.63) is 59.4 Å².